The maximum absolute atomic E-state index is 12.3. The summed E-state index contributed by atoms with van der Waals surface area (Å²) in [5, 5.41) is 10.8. The summed E-state index contributed by atoms with van der Waals surface area (Å²) in [7, 11) is 0. The molecule has 0 radical (unpaired) electrons. The van der Waals surface area contributed by atoms with Gasteiger partial charge in [0, 0.05) is 4.47 Å². The van der Waals surface area contributed by atoms with Gasteiger partial charge in [0.2, 0.25) is 11.0 Å². The molecule has 0 saturated carbocycles. The first-order valence-electron chi connectivity index (χ1n) is 5.91. The summed E-state index contributed by atoms with van der Waals surface area (Å²) in [6.07, 6.45) is 0.695. The molecule has 20 heavy (non-hydrogen) atoms. The van der Waals surface area contributed by atoms with Crippen LogP contribution in [0.2, 0.25) is 0 Å². The lowest BCUT2D eigenvalue weighted by atomic mass is 10.3. The number of anilines is 2. The van der Waals surface area contributed by atoms with Crippen molar-refractivity contribution >= 4 is 55.8 Å². The van der Waals surface area contributed by atoms with Gasteiger partial charge in [0.1, 0.15) is 0 Å². The number of nitrogens with zero attached hydrogens (tertiary/aromatic N) is 2. The van der Waals surface area contributed by atoms with Gasteiger partial charge in [-0.25, -0.2) is 0 Å². The van der Waals surface area contributed by atoms with Crippen molar-refractivity contribution in [2.24, 2.45) is 0 Å². The van der Waals surface area contributed by atoms with E-state index >= 15 is 0 Å². The zero-order valence-electron chi connectivity index (χ0n) is 10.7. The van der Waals surface area contributed by atoms with Crippen molar-refractivity contribution in [1.82, 2.24) is 10.2 Å². The fourth-order valence-electron chi connectivity index (χ4n) is 1.49. The lowest BCUT2D eigenvalue weighted by Crippen LogP contribution is -2.24. The third-order valence-electron chi connectivity index (χ3n) is 2.46. The van der Waals surface area contributed by atoms with Gasteiger partial charge in [-0.05, 0) is 34.5 Å². The Hall–Kier alpha value is -1.12. The summed E-state index contributed by atoms with van der Waals surface area (Å²) >= 11 is 6.08. The van der Waals surface area contributed by atoms with Crippen molar-refractivity contribution in [3.8, 4) is 0 Å². The lowest BCUT2D eigenvalue weighted by Gasteiger charge is -2.13. The van der Waals surface area contributed by atoms with Crippen molar-refractivity contribution in [3.05, 3.63) is 28.7 Å². The second-order valence-electron chi connectivity index (χ2n) is 3.89. The zero-order chi connectivity index (χ0) is 14.5. The summed E-state index contributed by atoms with van der Waals surface area (Å²) in [4.78, 5) is 12.3. The molecule has 0 aliphatic carbocycles. The fraction of sp³-hybridized carbons (Fsp3) is 0.250. The van der Waals surface area contributed by atoms with Gasteiger partial charge in [0.05, 0.1) is 10.9 Å². The third kappa shape index (κ3) is 3.94. The van der Waals surface area contributed by atoms with Gasteiger partial charge in [0.25, 0.3) is 0 Å². The second-order valence-corrected chi connectivity index (χ2v) is 7.20. The standard InChI is InChI=1S/C12H13BrN4OS2/c1-2-9(19-12-17-16-11(14)20-12)10(18)15-8-6-4-3-5-7(8)13/h3-6,9H,2H2,1H3,(H2,14,16)(H,15,18). The van der Waals surface area contributed by atoms with Crippen LogP contribution in [0.25, 0.3) is 0 Å². The molecule has 1 aromatic heterocycles. The number of nitrogens with one attached hydrogen (secondary N) is 1. The van der Waals surface area contributed by atoms with Crippen LogP contribution < -0.4 is 11.1 Å². The highest BCUT2D eigenvalue weighted by molar-refractivity contribution is 9.10. The molecule has 0 spiro atoms. The highest BCUT2D eigenvalue weighted by Gasteiger charge is 2.20. The van der Waals surface area contributed by atoms with Crippen LogP contribution in [0.3, 0.4) is 0 Å². The van der Waals surface area contributed by atoms with Crippen molar-refractivity contribution in [2.75, 3.05) is 11.1 Å². The smallest absolute Gasteiger partial charge is 0.237 e. The molecule has 0 bridgehead atoms. The first-order chi connectivity index (χ1) is 9.60. The van der Waals surface area contributed by atoms with E-state index in [4.69, 9.17) is 5.73 Å². The van der Waals surface area contributed by atoms with Crippen molar-refractivity contribution in [3.63, 3.8) is 0 Å². The Morgan fingerprint density at radius 2 is 2.25 bits per heavy atom. The predicted molar refractivity (Wildman–Crippen MR) is 87.0 cm³/mol. The van der Waals surface area contributed by atoms with Crippen LogP contribution in [0.15, 0.2) is 33.1 Å². The Labute approximate surface area is 133 Å². The number of thioether (sulfide) groups is 1. The molecule has 2 aromatic rings. The van der Waals surface area contributed by atoms with Gasteiger partial charge in [-0.3, -0.25) is 4.79 Å². The molecule has 8 heteroatoms. The minimum Gasteiger partial charge on any atom is -0.374 e. The summed E-state index contributed by atoms with van der Waals surface area (Å²) in [5.74, 6) is -0.0572. The molecule has 3 N–H and O–H groups in total. The van der Waals surface area contributed by atoms with Gasteiger partial charge in [0.15, 0.2) is 4.34 Å². The van der Waals surface area contributed by atoms with E-state index in [-0.39, 0.29) is 11.2 Å². The van der Waals surface area contributed by atoms with Crippen LogP contribution in [0, 0.1) is 0 Å². The van der Waals surface area contributed by atoms with Crippen LogP contribution in [0.5, 0.6) is 0 Å². The van der Waals surface area contributed by atoms with Gasteiger partial charge in [-0.15, -0.1) is 10.2 Å². The van der Waals surface area contributed by atoms with E-state index in [1.165, 1.54) is 23.1 Å². The Morgan fingerprint density at radius 3 is 2.85 bits per heavy atom. The number of nitrogens with two attached hydrogens (primary N) is 1. The van der Waals surface area contributed by atoms with E-state index < -0.39 is 0 Å². The number of carbonyl (C=O) groups excluding carboxylic acids is 1. The highest BCUT2D eigenvalue weighted by Crippen LogP contribution is 2.30. The summed E-state index contributed by atoms with van der Waals surface area (Å²) < 4.78 is 1.56. The number of nitrogen functional groups attached to an aromatic ring is 1. The average Bonchev–Trinajstić information content (AvgIpc) is 2.84. The van der Waals surface area contributed by atoms with Gasteiger partial charge >= 0.3 is 0 Å². The number of carbonyl (C=O) groups is 1. The summed E-state index contributed by atoms with van der Waals surface area (Å²) in [5.41, 5.74) is 6.30. The zero-order valence-corrected chi connectivity index (χ0v) is 13.9. The number of halogens is 1. The van der Waals surface area contributed by atoms with Crippen molar-refractivity contribution in [1.29, 1.82) is 0 Å². The molecule has 1 heterocycles. The van der Waals surface area contributed by atoms with Crippen molar-refractivity contribution in [2.45, 2.75) is 22.9 Å². The molecular weight excluding hydrogens is 360 g/mol. The SMILES string of the molecule is CCC(Sc1nnc(N)s1)C(=O)Nc1ccccc1Br. The van der Waals surface area contributed by atoms with E-state index in [9.17, 15) is 4.79 Å². The lowest BCUT2D eigenvalue weighted by molar-refractivity contribution is -0.115. The Bertz CT molecular complexity index is 605. The Kier molecular flexibility index (Phi) is 5.38. The van der Waals surface area contributed by atoms with Crippen LogP contribution in [0.4, 0.5) is 10.8 Å². The average molecular weight is 373 g/mol. The largest absolute Gasteiger partial charge is 0.374 e. The number of hydrogen-bond acceptors (Lipinski definition) is 6. The second kappa shape index (κ2) is 7.05. The van der Waals surface area contributed by atoms with Crippen LogP contribution in [-0.2, 0) is 4.79 Å². The molecule has 0 aliphatic heterocycles. The quantitative estimate of drug-likeness (QED) is 0.786. The number of para-hydroxylation sites is 1. The maximum atomic E-state index is 12.3. The van der Waals surface area contributed by atoms with Gasteiger partial charge in [-0.1, -0.05) is 42.2 Å². The van der Waals surface area contributed by atoms with E-state index in [0.29, 0.717) is 15.9 Å². The van der Waals surface area contributed by atoms with Crippen LogP contribution >= 0.6 is 39.0 Å². The van der Waals surface area contributed by atoms with E-state index in [1.807, 2.05) is 31.2 Å². The number of rotatable bonds is 5. The maximum Gasteiger partial charge on any atom is 0.237 e. The predicted octanol–water partition coefficient (Wildman–Crippen LogP) is 3.39. The van der Waals surface area contributed by atoms with Crippen molar-refractivity contribution < 1.29 is 4.79 Å². The normalized spacial score (nSPS) is 12.1. The highest BCUT2D eigenvalue weighted by atomic mass is 79.9. The summed E-state index contributed by atoms with van der Waals surface area (Å²) in [6.45, 7) is 1.96. The van der Waals surface area contributed by atoms with Crippen LogP contribution in [0.1, 0.15) is 13.3 Å². The van der Waals surface area contributed by atoms with Gasteiger partial charge in [-0.2, -0.15) is 0 Å². The molecule has 2 rings (SSSR count). The number of amides is 1. The molecule has 1 unspecified atom stereocenters. The minimum absolute atomic E-state index is 0.0572. The molecule has 0 aliphatic rings. The molecular formula is C12H13BrN4OS2. The number of benzene rings is 1. The molecule has 1 atom stereocenters. The van der Waals surface area contributed by atoms with E-state index in [2.05, 4.69) is 31.4 Å². The monoisotopic (exact) mass is 372 g/mol. The summed E-state index contributed by atoms with van der Waals surface area (Å²) in [6, 6.07) is 7.51. The number of aromatic nitrogens is 2. The molecule has 0 fully saturated rings. The van der Waals surface area contributed by atoms with Gasteiger partial charge < -0.3 is 11.1 Å². The number of hydrogen-bond donors (Lipinski definition) is 2. The molecule has 106 valence electrons. The van der Waals surface area contributed by atoms with E-state index in [1.54, 1.807) is 0 Å². The Morgan fingerprint density at radius 1 is 1.50 bits per heavy atom. The van der Waals surface area contributed by atoms with E-state index in [0.717, 1.165) is 10.2 Å². The molecule has 1 amide bonds. The first-order valence-corrected chi connectivity index (χ1v) is 8.40. The molecule has 0 saturated heterocycles. The third-order valence-corrected chi connectivity index (χ3v) is 5.35. The minimum atomic E-state index is -0.227. The fourth-order valence-corrected chi connectivity index (χ4v) is 3.67. The first kappa shape index (κ1) is 15.3. The Balaban J connectivity index is 2.04. The molecule has 5 nitrogen and oxygen atoms in total. The molecule has 1 aromatic carbocycles. The topological polar surface area (TPSA) is 80.9 Å². The van der Waals surface area contributed by atoms with Crippen LogP contribution in [-0.4, -0.2) is 21.4 Å².